The Labute approximate surface area is 135 Å². The zero-order valence-electron chi connectivity index (χ0n) is 13.3. The monoisotopic (exact) mass is 312 g/mol. The van der Waals surface area contributed by atoms with Crippen LogP contribution in [0.3, 0.4) is 0 Å². The molecule has 6 heteroatoms. The van der Waals surface area contributed by atoms with E-state index in [-0.39, 0.29) is 11.9 Å². The summed E-state index contributed by atoms with van der Waals surface area (Å²) in [4.78, 5) is 21.1. The van der Waals surface area contributed by atoms with Gasteiger partial charge in [0.25, 0.3) is 0 Å². The van der Waals surface area contributed by atoms with E-state index in [9.17, 15) is 4.79 Å². The Bertz CT molecular complexity index is 717. The molecule has 0 fully saturated rings. The number of methoxy groups -OCH3 is 1. The summed E-state index contributed by atoms with van der Waals surface area (Å²) in [5.74, 6) is 1.21. The lowest BCUT2D eigenvalue weighted by Gasteiger charge is -2.16. The summed E-state index contributed by atoms with van der Waals surface area (Å²) in [7, 11) is 1.61. The van der Waals surface area contributed by atoms with Crippen molar-refractivity contribution in [2.45, 2.75) is 32.4 Å². The summed E-state index contributed by atoms with van der Waals surface area (Å²) in [5, 5.41) is 6.20. The van der Waals surface area contributed by atoms with Crippen molar-refractivity contribution in [1.82, 2.24) is 9.97 Å². The molecule has 2 aromatic rings. The number of benzene rings is 1. The largest absolute Gasteiger partial charge is 0.377 e. The molecule has 1 aliphatic rings. The van der Waals surface area contributed by atoms with Crippen LogP contribution in [-0.4, -0.2) is 29.0 Å². The third-order valence-electron chi connectivity index (χ3n) is 3.79. The molecular formula is C17H20N4O2. The number of hydrogen-bond acceptors (Lipinski definition) is 5. The Kier molecular flexibility index (Phi) is 4.52. The highest BCUT2D eigenvalue weighted by Gasteiger charge is 2.23. The van der Waals surface area contributed by atoms with Crippen molar-refractivity contribution in [2.75, 3.05) is 17.7 Å². The van der Waals surface area contributed by atoms with Gasteiger partial charge in [-0.1, -0.05) is 18.2 Å². The molecule has 0 saturated carbocycles. The maximum Gasteiger partial charge on any atom is 0.246 e. The number of rotatable bonds is 4. The summed E-state index contributed by atoms with van der Waals surface area (Å²) in [6.45, 7) is 2.24. The van der Waals surface area contributed by atoms with E-state index in [4.69, 9.17) is 4.74 Å². The number of para-hydroxylation sites is 1. The van der Waals surface area contributed by atoms with Crippen molar-refractivity contribution >= 4 is 17.4 Å². The third kappa shape index (κ3) is 3.65. The molecule has 120 valence electrons. The number of carbonyl (C=O) groups excluding carboxylic acids is 1. The van der Waals surface area contributed by atoms with E-state index in [1.807, 2.05) is 37.3 Å². The standard InChI is InChI=1S/C17H20N4O2/c1-11-9-15(21-16(18-11)10-23-2)19-14-8-7-12-5-3-4-6-13(12)20-17(14)22/h3-6,9,14H,7-8,10H2,1-2H3,(H,20,22)(H,18,19,21). The lowest BCUT2D eigenvalue weighted by atomic mass is 10.1. The number of anilines is 2. The third-order valence-corrected chi connectivity index (χ3v) is 3.79. The molecule has 1 amide bonds. The van der Waals surface area contributed by atoms with Gasteiger partial charge >= 0.3 is 0 Å². The molecule has 2 N–H and O–H groups in total. The second-order valence-corrected chi connectivity index (χ2v) is 5.63. The van der Waals surface area contributed by atoms with Crippen LogP contribution >= 0.6 is 0 Å². The van der Waals surface area contributed by atoms with E-state index >= 15 is 0 Å². The number of aryl methyl sites for hydroxylation is 2. The number of nitrogens with one attached hydrogen (secondary N) is 2. The van der Waals surface area contributed by atoms with Gasteiger partial charge in [-0.3, -0.25) is 4.79 Å². The highest BCUT2D eigenvalue weighted by molar-refractivity contribution is 5.97. The molecule has 1 aliphatic heterocycles. The number of ether oxygens (including phenoxy) is 1. The van der Waals surface area contributed by atoms with Crippen LogP contribution in [0.1, 0.15) is 23.5 Å². The van der Waals surface area contributed by atoms with E-state index in [1.54, 1.807) is 7.11 Å². The molecule has 1 unspecified atom stereocenters. The molecule has 1 aromatic carbocycles. The van der Waals surface area contributed by atoms with Crippen molar-refractivity contribution in [3.8, 4) is 0 Å². The topological polar surface area (TPSA) is 76.1 Å². The van der Waals surface area contributed by atoms with Crippen LogP contribution in [0, 0.1) is 6.92 Å². The van der Waals surface area contributed by atoms with Gasteiger partial charge in [0.15, 0.2) is 5.82 Å². The molecule has 0 saturated heterocycles. The van der Waals surface area contributed by atoms with E-state index in [2.05, 4.69) is 20.6 Å². The van der Waals surface area contributed by atoms with Gasteiger partial charge in [-0.15, -0.1) is 0 Å². The number of aromatic nitrogens is 2. The van der Waals surface area contributed by atoms with E-state index in [0.29, 0.717) is 24.7 Å². The average Bonchev–Trinajstić information content (AvgIpc) is 2.67. The summed E-state index contributed by atoms with van der Waals surface area (Å²) < 4.78 is 5.08. The van der Waals surface area contributed by atoms with Crippen molar-refractivity contribution in [3.63, 3.8) is 0 Å². The molecule has 0 aliphatic carbocycles. The van der Waals surface area contributed by atoms with E-state index < -0.39 is 0 Å². The number of carbonyl (C=O) groups is 1. The highest BCUT2D eigenvalue weighted by Crippen LogP contribution is 2.23. The summed E-state index contributed by atoms with van der Waals surface area (Å²) in [6.07, 6.45) is 1.55. The first-order valence-corrected chi connectivity index (χ1v) is 7.64. The van der Waals surface area contributed by atoms with Crippen LogP contribution in [0.2, 0.25) is 0 Å². The number of amides is 1. The maximum atomic E-state index is 12.4. The van der Waals surface area contributed by atoms with Gasteiger partial charge in [0.05, 0.1) is 0 Å². The predicted octanol–water partition coefficient (Wildman–Crippen LogP) is 2.30. The Morgan fingerprint density at radius 1 is 1.35 bits per heavy atom. The maximum absolute atomic E-state index is 12.4. The first kappa shape index (κ1) is 15.4. The highest BCUT2D eigenvalue weighted by atomic mass is 16.5. The molecule has 23 heavy (non-hydrogen) atoms. The number of fused-ring (bicyclic) bond motifs is 1. The average molecular weight is 312 g/mol. The zero-order chi connectivity index (χ0) is 16.2. The van der Waals surface area contributed by atoms with Gasteiger partial charge < -0.3 is 15.4 Å². The van der Waals surface area contributed by atoms with Crippen LogP contribution in [0.15, 0.2) is 30.3 Å². The number of nitrogens with zero attached hydrogens (tertiary/aromatic N) is 2. The van der Waals surface area contributed by atoms with Gasteiger partial charge in [0.2, 0.25) is 5.91 Å². The molecule has 6 nitrogen and oxygen atoms in total. The van der Waals surface area contributed by atoms with Crippen LogP contribution in [0.25, 0.3) is 0 Å². The van der Waals surface area contributed by atoms with Gasteiger partial charge in [0, 0.05) is 24.6 Å². The van der Waals surface area contributed by atoms with Crippen LogP contribution in [0.5, 0.6) is 0 Å². The van der Waals surface area contributed by atoms with Crippen molar-refractivity contribution < 1.29 is 9.53 Å². The smallest absolute Gasteiger partial charge is 0.246 e. The SMILES string of the molecule is COCc1nc(C)cc(NC2CCc3ccccc3NC2=O)n1. The molecule has 0 bridgehead atoms. The second kappa shape index (κ2) is 6.75. The molecule has 0 radical (unpaired) electrons. The summed E-state index contributed by atoms with van der Waals surface area (Å²) in [5.41, 5.74) is 2.89. The Hall–Kier alpha value is -2.47. The van der Waals surface area contributed by atoms with Crippen LogP contribution in [0.4, 0.5) is 11.5 Å². The normalized spacial score (nSPS) is 17.1. The predicted molar refractivity (Wildman–Crippen MR) is 88.3 cm³/mol. The Morgan fingerprint density at radius 3 is 3.00 bits per heavy atom. The lowest BCUT2D eigenvalue weighted by molar-refractivity contribution is -0.116. The fourth-order valence-corrected chi connectivity index (χ4v) is 2.72. The Balaban J connectivity index is 1.77. The van der Waals surface area contributed by atoms with Gasteiger partial charge in [-0.05, 0) is 31.4 Å². The number of hydrogen-bond donors (Lipinski definition) is 2. The molecule has 1 atom stereocenters. The van der Waals surface area contributed by atoms with Gasteiger partial charge in [0.1, 0.15) is 18.5 Å². The minimum atomic E-state index is -0.327. The van der Waals surface area contributed by atoms with E-state index in [0.717, 1.165) is 23.4 Å². The molecule has 2 heterocycles. The van der Waals surface area contributed by atoms with Gasteiger partial charge in [-0.2, -0.15) is 0 Å². The first-order valence-electron chi connectivity index (χ1n) is 7.64. The minimum absolute atomic E-state index is 0.0421. The molecular weight excluding hydrogens is 292 g/mol. The summed E-state index contributed by atoms with van der Waals surface area (Å²) in [6, 6.07) is 9.41. The van der Waals surface area contributed by atoms with Crippen molar-refractivity contribution in [2.24, 2.45) is 0 Å². The second-order valence-electron chi connectivity index (χ2n) is 5.63. The zero-order valence-corrected chi connectivity index (χ0v) is 13.3. The minimum Gasteiger partial charge on any atom is -0.377 e. The molecule has 1 aromatic heterocycles. The summed E-state index contributed by atoms with van der Waals surface area (Å²) >= 11 is 0. The first-order chi connectivity index (χ1) is 11.2. The molecule has 0 spiro atoms. The quantitative estimate of drug-likeness (QED) is 0.906. The van der Waals surface area contributed by atoms with Gasteiger partial charge in [-0.25, -0.2) is 9.97 Å². The Morgan fingerprint density at radius 2 is 2.17 bits per heavy atom. The fourth-order valence-electron chi connectivity index (χ4n) is 2.72. The van der Waals surface area contributed by atoms with Crippen LogP contribution in [-0.2, 0) is 22.6 Å². The fraction of sp³-hybridized carbons (Fsp3) is 0.353. The molecule has 3 rings (SSSR count). The van der Waals surface area contributed by atoms with Crippen LogP contribution < -0.4 is 10.6 Å². The van der Waals surface area contributed by atoms with E-state index in [1.165, 1.54) is 0 Å². The van der Waals surface area contributed by atoms with Crippen molar-refractivity contribution in [3.05, 3.63) is 47.4 Å². The van der Waals surface area contributed by atoms with Crippen molar-refractivity contribution in [1.29, 1.82) is 0 Å². The lowest BCUT2D eigenvalue weighted by Crippen LogP contribution is -2.34.